The van der Waals surface area contributed by atoms with Crippen molar-refractivity contribution in [1.29, 1.82) is 0 Å². The number of hydrogen-bond donors (Lipinski definition) is 1. The van der Waals surface area contributed by atoms with E-state index in [1.807, 2.05) is 7.05 Å². The van der Waals surface area contributed by atoms with Crippen molar-refractivity contribution < 1.29 is 9.90 Å². The van der Waals surface area contributed by atoms with E-state index in [2.05, 4.69) is 16.0 Å². The van der Waals surface area contributed by atoms with Crippen LogP contribution in [0.25, 0.3) is 5.57 Å². The number of rotatable bonds is 2. The van der Waals surface area contributed by atoms with Crippen molar-refractivity contribution in [2.75, 3.05) is 20.1 Å². The molecule has 1 aliphatic rings. The number of carboxylic acid groups (broad SMARTS) is 1. The van der Waals surface area contributed by atoms with E-state index in [1.165, 1.54) is 6.20 Å². The van der Waals surface area contributed by atoms with Crippen LogP contribution in [0.2, 0.25) is 5.02 Å². The van der Waals surface area contributed by atoms with E-state index in [0.29, 0.717) is 5.69 Å². The van der Waals surface area contributed by atoms with Crippen molar-refractivity contribution in [2.45, 2.75) is 6.42 Å². The predicted molar refractivity (Wildman–Crippen MR) is 66.3 cm³/mol. The molecule has 0 atom stereocenters. The number of carbonyl (C=O) groups is 1. The average molecular weight is 253 g/mol. The molecule has 0 radical (unpaired) electrons. The monoisotopic (exact) mass is 252 g/mol. The zero-order valence-corrected chi connectivity index (χ0v) is 10.2. The molecule has 0 unspecified atom stereocenters. The number of nitrogens with zero attached hydrogens (tertiary/aromatic N) is 2. The van der Waals surface area contributed by atoms with E-state index >= 15 is 0 Å². The summed E-state index contributed by atoms with van der Waals surface area (Å²) in [5, 5.41) is 9.17. The first kappa shape index (κ1) is 12.1. The SMILES string of the molecule is CN1CC=C(c2cc(C(=O)O)c(Cl)cn2)CC1. The number of halogens is 1. The summed E-state index contributed by atoms with van der Waals surface area (Å²) < 4.78 is 0. The second-order valence-corrected chi connectivity index (χ2v) is 4.50. The molecular weight excluding hydrogens is 240 g/mol. The molecule has 0 aromatic carbocycles. The largest absolute Gasteiger partial charge is 0.478 e. The molecule has 0 amide bonds. The second-order valence-electron chi connectivity index (χ2n) is 4.10. The molecule has 0 aliphatic carbocycles. The van der Waals surface area contributed by atoms with Crippen LogP contribution in [0.5, 0.6) is 0 Å². The molecule has 0 saturated heterocycles. The van der Waals surface area contributed by atoms with Crippen LogP contribution in [0.3, 0.4) is 0 Å². The van der Waals surface area contributed by atoms with Gasteiger partial charge in [-0.3, -0.25) is 4.98 Å². The Morgan fingerprint density at radius 2 is 2.35 bits per heavy atom. The maximum Gasteiger partial charge on any atom is 0.337 e. The molecule has 0 fully saturated rings. The lowest BCUT2D eigenvalue weighted by atomic mass is 10.0. The lowest BCUT2D eigenvalue weighted by molar-refractivity contribution is 0.0697. The molecule has 2 rings (SSSR count). The first-order valence-electron chi connectivity index (χ1n) is 5.34. The third-order valence-corrected chi connectivity index (χ3v) is 3.13. The van der Waals surface area contributed by atoms with E-state index in [1.54, 1.807) is 6.07 Å². The van der Waals surface area contributed by atoms with E-state index in [-0.39, 0.29) is 10.6 Å². The number of aromatic nitrogens is 1. The molecule has 1 aromatic heterocycles. The Morgan fingerprint density at radius 3 is 2.94 bits per heavy atom. The summed E-state index contributed by atoms with van der Waals surface area (Å²) in [7, 11) is 2.05. The van der Waals surface area contributed by atoms with Gasteiger partial charge in [0.15, 0.2) is 0 Å². The lowest BCUT2D eigenvalue weighted by Gasteiger charge is -2.21. The van der Waals surface area contributed by atoms with E-state index in [9.17, 15) is 4.79 Å². The Kier molecular flexibility index (Phi) is 3.45. The fourth-order valence-electron chi connectivity index (χ4n) is 1.78. The van der Waals surface area contributed by atoms with Gasteiger partial charge in [0.2, 0.25) is 0 Å². The van der Waals surface area contributed by atoms with Gasteiger partial charge in [0.05, 0.1) is 16.3 Å². The Balaban J connectivity index is 2.34. The topological polar surface area (TPSA) is 53.4 Å². The summed E-state index contributed by atoms with van der Waals surface area (Å²) in [6.45, 7) is 1.82. The first-order chi connectivity index (χ1) is 8.08. The fraction of sp³-hybridized carbons (Fsp3) is 0.333. The van der Waals surface area contributed by atoms with Crippen LogP contribution >= 0.6 is 11.6 Å². The summed E-state index contributed by atoms with van der Waals surface area (Å²) in [4.78, 5) is 17.3. The summed E-state index contributed by atoms with van der Waals surface area (Å²) >= 11 is 5.78. The second kappa shape index (κ2) is 4.85. The molecule has 17 heavy (non-hydrogen) atoms. The lowest BCUT2D eigenvalue weighted by Crippen LogP contribution is -2.23. The normalized spacial score (nSPS) is 16.7. The van der Waals surface area contributed by atoms with Gasteiger partial charge in [-0.25, -0.2) is 4.79 Å². The summed E-state index contributed by atoms with van der Waals surface area (Å²) in [5.41, 5.74) is 1.90. The Hall–Kier alpha value is -1.39. The number of hydrogen-bond acceptors (Lipinski definition) is 3. The van der Waals surface area contributed by atoms with Crippen LogP contribution in [0.15, 0.2) is 18.3 Å². The van der Waals surface area contributed by atoms with E-state index in [0.717, 1.165) is 25.1 Å². The number of carboxylic acids is 1. The first-order valence-corrected chi connectivity index (χ1v) is 5.72. The van der Waals surface area contributed by atoms with E-state index < -0.39 is 5.97 Å². The zero-order valence-electron chi connectivity index (χ0n) is 9.48. The highest BCUT2D eigenvalue weighted by atomic mass is 35.5. The average Bonchev–Trinajstić information content (AvgIpc) is 2.30. The number of likely N-dealkylation sites (N-methyl/N-ethyl adjacent to an activating group) is 1. The van der Waals surface area contributed by atoms with Gasteiger partial charge in [0.1, 0.15) is 0 Å². The molecule has 4 nitrogen and oxygen atoms in total. The molecular formula is C12H13ClN2O2. The zero-order chi connectivity index (χ0) is 12.4. The molecule has 0 saturated carbocycles. The standard InChI is InChI=1S/C12H13ClN2O2/c1-15-4-2-8(3-5-15)11-6-9(12(16)17)10(13)7-14-11/h2,6-7H,3-5H2,1H3,(H,16,17). The third-order valence-electron chi connectivity index (χ3n) is 2.83. The molecule has 1 N–H and O–H groups in total. The van der Waals surface area contributed by atoms with Crippen LogP contribution in [0.4, 0.5) is 0 Å². The van der Waals surface area contributed by atoms with Crippen molar-refractivity contribution in [3.8, 4) is 0 Å². The van der Waals surface area contributed by atoms with Gasteiger partial charge in [-0.2, -0.15) is 0 Å². The molecule has 0 spiro atoms. The molecule has 1 aromatic rings. The van der Waals surface area contributed by atoms with Gasteiger partial charge in [-0.05, 0) is 25.1 Å². The third kappa shape index (κ3) is 2.65. The maximum absolute atomic E-state index is 11.0. The molecule has 2 heterocycles. The fourth-order valence-corrected chi connectivity index (χ4v) is 1.97. The Labute approximate surface area is 105 Å². The molecule has 1 aliphatic heterocycles. The smallest absolute Gasteiger partial charge is 0.337 e. The van der Waals surface area contributed by atoms with Gasteiger partial charge in [0, 0.05) is 19.3 Å². The van der Waals surface area contributed by atoms with Crippen LogP contribution < -0.4 is 0 Å². The van der Waals surface area contributed by atoms with E-state index in [4.69, 9.17) is 16.7 Å². The van der Waals surface area contributed by atoms with Crippen LogP contribution in [-0.4, -0.2) is 41.1 Å². The van der Waals surface area contributed by atoms with Crippen molar-refractivity contribution >= 4 is 23.1 Å². The van der Waals surface area contributed by atoms with Gasteiger partial charge in [-0.15, -0.1) is 0 Å². The minimum Gasteiger partial charge on any atom is -0.478 e. The Bertz CT molecular complexity index is 485. The highest BCUT2D eigenvalue weighted by molar-refractivity contribution is 6.33. The summed E-state index contributed by atoms with van der Waals surface area (Å²) in [6, 6.07) is 1.54. The van der Waals surface area contributed by atoms with Crippen molar-refractivity contribution in [1.82, 2.24) is 9.88 Å². The van der Waals surface area contributed by atoms with Crippen LogP contribution in [-0.2, 0) is 0 Å². The highest BCUT2D eigenvalue weighted by Gasteiger charge is 2.15. The minimum absolute atomic E-state index is 0.108. The van der Waals surface area contributed by atoms with Crippen LogP contribution in [0.1, 0.15) is 22.5 Å². The van der Waals surface area contributed by atoms with Gasteiger partial charge in [-0.1, -0.05) is 17.7 Å². The summed E-state index contributed by atoms with van der Waals surface area (Å²) in [5.74, 6) is -1.02. The van der Waals surface area contributed by atoms with Crippen molar-refractivity contribution in [2.24, 2.45) is 0 Å². The molecule has 90 valence electrons. The predicted octanol–water partition coefficient (Wildman–Crippen LogP) is 2.15. The van der Waals surface area contributed by atoms with Gasteiger partial charge < -0.3 is 10.0 Å². The van der Waals surface area contributed by atoms with Gasteiger partial charge in [0.25, 0.3) is 0 Å². The van der Waals surface area contributed by atoms with Crippen LogP contribution in [0, 0.1) is 0 Å². The quantitative estimate of drug-likeness (QED) is 0.876. The molecule has 0 bridgehead atoms. The van der Waals surface area contributed by atoms with Crippen molar-refractivity contribution in [3.63, 3.8) is 0 Å². The number of pyridine rings is 1. The Morgan fingerprint density at radius 1 is 1.59 bits per heavy atom. The number of aromatic carboxylic acids is 1. The maximum atomic E-state index is 11.0. The molecule has 5 heteroatoms. The minimum atomic E-state index is -1.02. The highest BCUT2D eigenvalue weighted by Crippen LogP contribution is 2.23. The summed E-state index contributed by atoms with van der Waals surface area (Å²) in [6.07, 6.45) is 4.36. The van der Waals surface area contributed by atoms with Crippen molar-refractivity contribution in [3.05, 3.63) is 34.6 Å². The van der Waals surface area contributed by atoms with Gasteiger partial charge >= 0.3 is 5.97 Å².